The molecule has 2 aromatic heterocycles. The van der Waals surface area contributed by atoms with Crippen LogP contribution in [-0.4, -0.2) is 43.4 Å². The molecule has 0 N–H and O–H groups in total. The highest BCUT2D eigenvalue weighted by molar-refractivity contribution is 7.30. The summed E-state index contributed by atoms with van der Waals surface area (Å²) in [5, 5.41) is 18.6. The zero-order valence-corrected chi connectivity index (χ0v) is 29.1. The summed E-state index contributed by atoms with van der Waals surface area (Å²) in [5.41, 5.74) is 1.41. The number of azo groups is 2. The minimum absolute atomic E-state index is 0.144. The first-order chi connectivity index (χ1) is 24.0. The first-order valence-electron chi connectivity index (χ1n) is 16.3. The lowest BCUT2D eigenvalue weighted by Crippen LogP contribution is -2.09. The third-order valence-corrected chi connectivity index (χ3v) is 8.91. The van der Waals surface area contributed by atoms with E-state index in [0.29, 0.717) is 29.8 Å². The first-order valence-corrected chi connectivity index (χ1v) is 17.9. The Balaban J connectivity index is 1.09. The molecule has 0 aliphatic heterocycles. The summed E-state index contributed by atoms with van der Waals surface area (Å²) < 4.78 is 22.3. The number of hydrogen-bond acceptors (Lipinski definition) is 13. The predicted octanol–water partition coefficient (Wildman–Crippen LogP) is 10.9. The molecule has 0 amide bonds. The second-order valence-electron chi connectivity index (χ2n) is 10.8. The fourth-order valence-electron chi connectivity index (χ4n) is 4.45. The van der Waals surface area contributed by atoms with E-state index in [1.807, 2.05) is 30.3 Å². The van der Waals surface area contributed by atoms with Crippen LogP contribution >= 0.6 is 22.7 Å². The second-order valence-corrected chi connectivity index (χ2v) is 12.8. The van der Waals surface area contributed by atoms with Gasteiger partial charge in [0.25, 0.3) is 0 Å². The van der Waals surface area contributed by atoms with Crippen LogP contribution in [0.3, 0.4) is 0 Å². The van der Waals surface area contributed by atoms with Crippen molar-refractivity contribution in [3.8, 4) is 11.5 Å². The molecule has 0 unspecified atom stereocenters. The smallest absolute Gasteiger partial charge is 0.330 e. The van der Waals surface area contributed by atoms with E-state index < -0.39 is 5.97 Å². The van der Waals surface area contributed by atoms with E-state index in [2.05, 4.69) is 38.6 Å². The molecule has 4 aromatic rings. The molecule has 0 fully saturated rings. The summed E-state index contributed by atoms with van der Waals surface area (Å²) in [7, 11) is 0. The van der Waals surface area contributed by atoms with Crippen LogP contribution in [-0.2, 0) is 19.1 Å². The van der Waals surface area contributed by atoms with E-state index in [1.165, 1.54) is 60.9 Å². The number of ether oxygens (including phenoxy) is 4. The molecule has 0 saturated carbocycles. The molecule has 2 aromatic carbocycles. The van der Waals surface area contributed by atoms with Gasteiger partial charge in [-0.15, -0.1) is 20.5 Å². The van der Waals surface area contributed by atoms with Crippen molar-refractivity contribution in [3.63, 3.8) is 0 Å². The van der Waals surface area contributed by atoms with Crippen molar-refractivity contribution in [2.45, 2.75) is 57.8 Å². The molecule has 0 aliphatic rings. The quantitative estimate of drug-likeness (QED) is 0.0325. The van der Waals surface area contributed by atoms with Crippen LogP contribution in [0.1, 0.15) is 57.8 Å². The van der Waals surface area contributed by atoms with Crippen LogP contribution in [0.25, 0.3) is 9.53 Å². The Morgan fingerprint density at radius 3 is 1.69 bits per heavy atom. The van der Waals surface area contributed by atoms with Gasteiger partial charge in [0, 0.05) is 12.2 Å². The molecule has 2 heterocycles. The molecule has 0 atom stereocenters. The van der Waals surface area contributed by atoms with Crippen molar-refractivity contribution in [2.24, 2.45) is 20.5 Å². The Morgan fingerprint density at radius 1 is 0.612 bits per heavy atom. The van der Waals surface area contributed by atoms with Crippen LogP contribution in [0.4, 0.5) is 21.5 Å². The number of benzene rings is 2. The van der Waals surface area contributed by atoms with Gasteiger partial charge in [-0.25, -0.2) is 14.6 Å². The van der Waals surface area contributed by atoms with Gasteiger partial charge in [-0.2, -0.15) is 0 Å². The van der Waals surface area contributed by atoms with E-state index >= 15 is 0 Å². The summed E-state index contributed by atoms with van der Waals surface area (Å²) in [5.74, 6) is 0.640. The first kappa shape index (κ1) is 37.1. The van der Waals surface area contributed by atoms with Crippen molar-refractivity contribution in [3.05, 3.63) is 79.9 Å². The molecule has 4 rings (SSSR count). The van der Waals surface area contributed by atoms with Gasteiger partial charge in [-0.3, -0.25) is 0 Å². The van der Waals surface area contributed by atoms with Gasteiger partial charge in [0.1, 0.15) is 34.5 Å². The number of rotatable bonds is 23. The van der Waals surface area contributed by atoms with Crippen molar-refractivity contribution in [1.82, 2.24) is 4.98 Å². The number of esters is 2. The summed E-state index contributed by atoms with van der Waals surface area (Å²) >= 11 is 2.88. The third kappa shape index (κ3) is 14.1. The van der Waals surface area contributed by atoms with Gasteiger partial charge >= 0.3 is 11.9 Å². The van der Waals surface area contributed by atoms with E-state index in [9.17, 15) is 9.59 Å². The lowest BCUT2D eigenvalue weighted by Gasteiger charge is -2.06. The van der Waals surface area contributed by atoms with E-state index in [0.717, 1.165) is 57.7 Å². The Hall–Kier alpha value is -4.75. The summed E-state index contributed by atoms with van der Waals surface area (Å²) in [6.45, 7) is 8.31. The van der Waals surface area contributed by atoms with Gasteiger partial charge in [0.2, 0.25) is 5.13 Å². The molecule has 0 saturated heterocycles. The number of aromatic nitrogens is 1. The SMILES string of the molecule is C=CC(=O)OCCCCCCCCCCCOc1ccc(N=Nc2cc3sc(N=Nc4ccc(OCCOC(=O)C=C)cc4)nc3s2)cc1. The number of unbranched alkanes of at least 4 members (excludes halogenated alkanes) is 8. The number of carbonyl (C=O) groups is 2. The number of fused-ring (bicyclic) bond motifs is 1. The normalized spacial score (nSPS) is 11.3. The predicted molar refractivity (Wildman–Crippen MR) is 194 cm³/mol. The zero-order chi connectivity index (χ0) is 34.5. The Morgan fingerprint density at radius 2 is 1.12 bits per heavy atom. The van der Waals surface area contributed by atoms with Crippen LogP contribution < -0.4 is 9.47 Å². The Labute approximate surface area is 294 Å². The Kier molecular flexibility index (Phi) is 16.1. The molecule has 0 bridgehead atoms. The molecule has 258 valence electrons. The number of nitrogens with zero attached hydrogens (tertiary/aromatic N) is 5. The molecule has 13 heteroatoms. The number of hydrogen-bond donors (Lipinski definition) is 0. The van der Waals surface area contributed by atoms with Crippen molar-refractivity contribution < 1.29 is 28.5 Å². The monoisotopic (exact) mass is 703 g/mol. The highest BCUT2D eigenvalue weighted by Gasteiger charge is 2.09. The molecular formula is C36H41N5O6S2. The maximum Gasteiger partial charge on any atom is 0.330 e. The van der Waals surface area contributed by atoms with Crippen molar-refractivity contribution >= 4 is 65.6 Å². The van der Waals surface area contributed by atoms with Crippen LogP contribution in [0.2, 0.25) is 0 Å². The lowest BCUT2D eigenvalue weighted by molar-refractivity contribution is -0.139. The molecule has 49 heavy (non-hydrogen) atoms. The van der Waals surface area contributed by atoms with Crippen molar-refractivity contribution in [1.29, 1.82) is 0 Å². The zero-order valence-electron chi connectivity index (χ0n) is 27.5. The fourth-order valence-corrected chi connectivity index (χ4v) is 6.30. The molecule has 0 radical (unpaired) electrons. The van der Waals surface area contributed by atoms with Gasteiger partial charge in [0.15, 0.2) is 0 Å². The van der Waals surface area contributed by atoms with Crippen molar-refractivity contribution in [2.75, 3.05) is 26.4 Å². The average Bonchev–Trinajstić information content (AvgIpc) is 3.69. The number of thiophene rings is 1. The molecule has 0 aliphatic carbocycles. The molecular weight excluding hydrogens is 663 g/mol. The van der Waals surface area contributed by atoms with E-state index in [4.69, 9.17) is 18.9 Å². The van der Waals surface area contributed by atoms with E-state index in [-0.39, 0.29) is 19.2 Å². The third-order valence-electron chi connectivity index (χ3n) is 6.98. The maximum absolute atomic E-state index is 11.1. The van der Waals surface area contributed by atoms with Crippen LogP contribution in [0.15, 0.2) is 100 Å². The highest BCUT2D eigenvalue weighted by atomic mass is 32.1. The topological polar surface area (TPSA) is 133 Å². The summed E-state index contributed by atoms with van der Waals surface area (Å²) in [6, 6.07) is 16.7. The lowest BCUT2D eigenvalue weighted by atomic mass is 10.1. The Bertz CT molecular complexity index is 1650. The van der Waals surface area contributed by atoms with Gasteiger partial charge < -0.3 is 18.9 Å². The number of thiazole rings is 1. The maximum atomic E-state index is 11.1. The number of carbonyl (C=O) groups excluding carboxylic acids is 2. The van der Waals surface area contributed by atoms with Crippen LogP contribution in [0.5, 0.6) is 11.5 Å². The standard InChI is InChI=1S/C36H41N5O6S2/c1-3-33(42)46-23-13-11-9-7-5-6-8-10-12-22-44-29-18-14-27(15-19-29)38-40-32-26-31-35(49-32)37-36(48-31)41-39-28-16-20-30(21-17-28)45-24-25-47-34(43)4-2/h3-4,14-21,26H,1-2,5-13,22-25H2. The van der Waals surface area contributed by atoms with Crippen LogP contribution in [0, 0.1) is 0 Å². The van der Waals surface area contributed by atoms with Gasteiger partial charge in [-0.05, 0) is 67.4 Å². The fraction of sp³-hybridized carbons (Fsp3) is 0.361. The highest BCUT2D eigenvalue weighted by Crippen LogP contribution is 2.39. The summed E-state index contributed by atoms with van der Waals surface area (Å²) in [4.78, 5) is 27.4. The molecule has 0 spiro atoms. The average molecular weight is 704 g/mol. The summed E-state index contributed by atoms with van der Waals surface area (Å²) in [6.07, 6.45) is 12.6. The minimum Gasteiger partial charge on any atom is -0.494 e. The second kappa shape index (κ2) is 21.3. The molecule has 11 nitrogen and oxygen atoms in total. The van der Waals surface area contributed by atoms with E-state index in [1.54, 1.807) is 24.3 Å². The minimum atomic E-state index is -0.480. The van der Waals surface area contributed by atoms with Gasteiger partial charge in [0.05, 0.1) is 29.3 Å². The largest absolute Gasteiger partial charge is 0.494 e. The van der Waals surface area contributed by atoms with Gasteiger partial charge in [-0.1, -0.05) is 80.8 Å².